The third kappa shape index (κ3) is 3.61. The molecule has 0 aliphatic carbocycles. The summed E-state index contributed by atoms with van der Waals surface area (Å²) in [5.74, 6) is -0.799. The molecule has 2 rings (SSSR count). The molecule has 0 fully saturated rings. The molecule has 0 amide bonds. The minimum absolute atomic E-state index is 0.0857. The number of halogens is 2. The van der Waals surface area contributed by atoms with Crippen LogP contribution in [0, 0.1) is 18.6 Å². The van der Waals surface area contributed by atoms with Gasteiger partial charge in [-0.3, -0.25) is 0 Å². The summed E-state index contributed by atoms with van der Waals surface area (Å²) in [5.41, 5.74) is 2.67. The first kappa shape index (κ1) is 13.7. The maximum Gasteiger partial charge on any atom is 0.127 e. The Hall–Kier alpha value is -1.74. The van der Waals surface area contributed by atoms with Gasteiger partial charge in [-0.15, -0.1) is 0 Å². The summed E-state index contributed by atoms with van der Waals surface area (Å²) in [5, 5.41) is 3.20. The molecule has 0 aromatic heterocycles. The fourth-order valence-corrected chi connectivity index (χ4v) is 2.00. The Labute approximate surface area is 112 Å². The largest absolute Gasteiger partial charge is 0.306 e. The summed E-state index contributed by atoms with van der Waals surface area (Å²) in [6.07, 6.45) is 0. The van der Waals surface area contributed by atoms with Crippen LogP contribution in [0.4, 0.5) is 8.78 Å². The molecule has 2 aromatic rings. The molecule has 3 heteroatoms. The molecule has 0 aliphatic rings. The van der Waals surface area contributed by atoms with Crippen LogP contribution >= 0.6 is 0 Å². The quantitative estimate of drug-likeness (QED) is 0.872. The van der Waals surface area contributed by atoms with E-state index in [0.29, 0.717) is 12.1 Å². The Morgan fingerprint density at radius 3 is 2.63 bits per heavy atom. The predicted molar refractivity (Wildman–Crippen MR) is 72.8 cm³/mol. The molecule has 0 aliphatic heterocycles. The third-order valence-electron chi connectivity index (χ3n) is 3.15. The van der Waals surface area contributed by atoms with Gasteiger partial charge >= 0.3 is 0 Å². The lowest BCUT2D eigenvalue weighted by Gasteiger charge is -2.15. The average molecular weight is 261 g/mol. The Balaban J connectivity index is 2.04. The van der Waals surface area contributed by atoms with Gasteiger partial charge < -0.3 is 5.32 Å². The van der Waals surface area contributed by atoms with Crippen molar-refractivity contribution in [3.05, 3.63) is 70.8 Å². The van der Waals surface area contributed by atoms with Crippen LogP contribution in [0.25, 0.3) is 0 Å². The summed E-state index contributed by atoms with van der Waals surface area (Å²) < 4.78 is 26.5. The van der Waals surface area contributed by atoms with Crippen LogP contribution in [0.5, 0.6) is 0 Å². The molecule has 100 valence electrons. The average Bonchev–Trinajstić information content (AvgIpc) is 2.39. The maximum atomic E-state index is 13.5. The van der Waals surface area contributed by atoms with E-state index in [0.717, 1.165) is 17.7 Å². The van der Waals surface area contributed by atoms with Gasteiger partial charge in [0.05, 0.1) is 0 Å². The Morgan fingerprint density at radius 1 is 1.11 bits per heavy atom. The van der Waals surface area contributed by atoms with E-state index in [4.69, 9.17) is 0 Å². The molecule has 0 unspecified atom stereocenters. The highest BCUT2D eigenvalue weighted by atomic mass is 19.1. The monoisotopic (exact) mass is 261 g/mol. The Morgan fingerprint density at radius 2 is 1.89 bits per heavy atom. The van der Waals surface area contributed by atoms with E-state index in [1.807, 2.05) is 32.0 Å². The summed E-state index contributed by atoms with van der Waals surface area (Å²) in [6, 6.07) is 11.7. The maximum absolute atomic E-state index is 13.5. The van der Waals surface area contributed by atoms with Crippen molar-refractivity contribution in [2.24, 2.45) is 0 Å². The van der Waals surface area contributed by atoms with E-state index in [1.165, 1.54) is 11.6 Å². The number of nitrogens with one attached hydrogen (secondary N) is 1. The molecule has 19 heavy (non-hydrogen) atoms. The second kappa shape index (κ2) is 5.93. The van der Waals surface area contributed by atoms with Gasteiger partial charge in [-0.2, -0.15) is 0 Å². The third-order valence-corrected chi connectivity index (χ3v) is 3.15. The molecule has 0 heterocycles. The molecule has 1 atom stereocenters. The van der Waals surface area contributed by atoms with Gasteiger partial charge in [0.25, 0.3) is 0 Å². The van der Waals surface area contributed by atoms with Crippen molar-refractivity contribution >= 4 is 0 Å². The van der Waals surface area contributed by atoms with Gasteiger partial charge in [-0.1, -0.05) is 29.8 Å². The van der Waals surface area contributed by atoms with Crippen LogP contribution < -0.4 is 5.32 Å². The van der Waals surface area contributed by atoms with Crippen LogP contribution in [0.15, 0.2) is 42.5 Å². The second-order valence-corrected chi connectivity index (χ2v) is 4.75. The standard InChI is InChI=1S/C16H17F2N/c1-11-4-3-5-13(8-11)12(2)19-10-14-9-15(17)6-7-16(14)18/h3-9,12,19H,10H2,1-2H3/t12-/m0/s1. The zero-order chi connectivity index (χ0) is 13.8. The number of hydrogen-bond acceptors (Lipinski definition) is 1. The van der Waals surface area contributed by atoms with E-state index in [9.17, 15) is 8.78 Å². The number of rotatable bonds is 4. The smallest absolute Gasteiger partial charge is 0.127 e. The van der Waals surface area contributed by atoms with Crippen molar-refractivity contribution in [2.45, 2.75) is 26.4 Å². The fraction of sp³-hybridized carbons (Fsp3) is 0.250. The molecule has 0 saturated heterocycles. The molecular weight excluding hydrogens is 244 g/mol. The van der Waals surface area contributed by atoms with Crippen molar-refractivity contribution in [1.82, 2.24) is 5.32 Å². The second-order valence-electron chi connectivity index (χ2n) is 4.75. The van der Waals surface area contributed by atoms with Crippen molar-refractivity contribution in [3.8, 4) is 0 Å². The molecular formula is C16H17F2N. The lowest BCUT2D eigenvalue weighted by molar-refractivity contribution is 0.535. The number of benzene rings is 2. The van der Waals surface area contributed by atoms with Gasteiger partial charge in [0.2, 0.25) is 0 Å². The molecule has 0 spiro atoms. The Bertz CT molecular complexity index is 566. The molecule has 1 N–H and O–H groups in total. The topological polar surface area (TPSA) is 12.0 Å². The van der Waals surface area contributed by atoms with Crippen LogP contribution in [-0.2, 0) is 6.54 Å². The van der Waals surface area contributed by atoms with E-state index in [-0.39, 0.29) is 11.9 Å². The van der Waals surface area contributed by atoms with Crippen LogP contribution in [0.3, 0.4) is 0 Å². The molecule has 0 bridgehead atoms. The lowest BCUT2D eigenvalue weighted by atomic mass is 10.1. The summed E-state index contributed by atoms with van der Waals surface area (Å²) >= 11 is 0. The van der Waals surface area contributed by atoms with Crippen LogP contribution in [-0.4, -0.2) is 0 Å². The summed E-state index contributed by atoms with van der Waals surface area (Å²) in [6.45, 7) is 4.34. The van der Waals surface area contributed by atoms with E-state index in [1.54, 1.807) is 0 Å². The SMILES string of the molecule is Cc1cccc([C@H](C)NCc2cc(F)ccc2F)c1. The summed E-state index contributed by atoms with van der Waals surface area (Å²) in [4.78, 5) is 0. The highest BCUT2D eigenvalue weighted by molar-refractivity contribution is 5.25. The van der Waals surface area contributed by atoms with Gasteiger partial charge in [0.15, 0.2) is 0 Å². The molecule has 2 aromatic carbocycles. The zero-order valence-corrected chi connectivity index (χ0v) is 11.1. The van der Waals surface area contributed by atoms with Crippen molar-refractivity contribution in [2.75, 3.05) is 0 Å². The van der Waals surface area contributed by atoms with Gasteiger partial charge in [0.1, 0.15) is 11.6 Å². The van der Waals surface area contributed by atoms with Gasteiger partial charge in [0, 0.05) is 18.2 Å². The molecule has 1 nitrogen and oxygen atoms in total. The lowest BCUT2D eigenvalue weighted by Crippen LogP contribution is -2.19. The van der Waals surface area contributed by atoms with Crippen molar-refractivity contribution in [3.63, 3.8) is 0 Å². The van der Waals surface area contributed by atoms with E-state index in [2.05, 4.69) is 11.4 Å². The summed E-state index contributed by atoms with van der Waals surface area (Å²) in [7, 11) is 0. The predicted octanol–water partition coefficient (Wildman–Crippen LogP) is 4.12. The Kier molecular flexibility index (Phi) is 4.27. The number of aryl methyl sites for hydroxylation is 1. The fourth-order valence-electron chi connectivity index (χ4n) is 2.00. The van der Waals surface area contributed by atoms with Crippen molar-refractivity contribution in [1.29, 1.82) is 0 Å². The molecule has 0 radical (unpaired) electrons. The normalized spacial score (nSPS) is 12.4. The zero-order valence-electron chi connectivity index (χ0n) is 11.1. The van der Waals surface area contributed by atoms with Crippen LogP contribution in [0.1, 0.15) is 29.7 Å². The van der Waals surface area contributed by atoms with Crippen LogP contribution in [0.2, 0.25) is 0 Å². The highest BCUT2D eigenvalue weighted by Crippen LogP contribution is 2.16. The van der Waals surface area contributed by atoms with Gasteiger partial charge in [-0.25, -0.2) is 8.78 Å². The first-order valence-corrected chi connectivity index (χ1v) is 6.30. The van der Waals surface area contributed by atoms with Gasteiger partial charge in [-0.05, 0) is 37.6 Å². The highest BCUT2D eigenvalue weighted by Gasteiger charge is 2.08. The first-order chi connectivity index (χ1) is 9.06. The number of hydrogen-bond donors (Lipinski definition) is 1. The van der Waals surface area contributed by atoms with E-state index >= 15 is 0 Å². The minimum atomic E-state index is -0.415. The molecule has 0 saturated carbocycles. The minimum Gasteiger partial charge on any atom is -0.306 e. The van der Waals surface area contributed by atoms with Crippen molar-refractivity contribution < 1.29 is 8.78 Å². The van der Waals surface area contributed by atoms with E-state index < -0.39 is 5.82 Å². The first-order valence-electron chi connectivity index (χ1n) is 6.30.